The van der Waals surface area contributed by atoms with Crippen LogP contribution in [0.5, 0.6) is 5.75 Å². The van der Waals surface area contributed by atoms with E-state index in [-0.39, 0.29) is 0 Å². The van der Waals surface area contributed by atoms with Crippen molar-refractivity contribution in [2.75, 3.05) is 6.61 Å². The van der Waals surface area contributed by atoms with Gasteiger partial charge in [0.05, 0.1) is 12.2 Å². The van der Waals surface area contributed by atoms with Crippen molar-refractivity contribution in [3.8, 4) is 5.75 Å². The van der Waals surface area contributed by atoms with E-state index in [0.717, 1.165) is 30.1 Å². The average molecular weight is 188 g/mol. The number of ether oxygens (including phenoxy) is 1. The van der Waals surface area contributed by atoms with E-state index in [1.807, 2.05) is 6.07 Å². The summed E-state index contributed by atoms with van der Waals surface area (Å²) in [6, 6.07) is 4.14. The number of aromatic nitrogens is 2. The first-order chi connectivity index (χ1) is 6.77. The van der Waals surface area contributed by atoms with E-state index in [9.17, 15) is 0 Å². The monoisotopic (exact) mass is 188 g/mol. The molecule has 1 aliphatic rings. The van der Waals surface area contributed by atoms with E-state index in [2.05, 4.69) is 29.7 Å². The molecule has 0 amide bonds. The highest BCUT2D eigenvalue weighted by Gasteiger charge is 2.17. The number of hydrogen-bond acceptors (Lipinski definition) is 2. The Balaban J connectivity index is 2.53. The zero-order valence-corrected chi connectivity index (χ0v) is 8.37. The van der Waals surface area contributed by atoms with Crippen molar-refractivity contribution >= 4 is 10.9 Å². The van der Waals surface area contributed by atoms with E-state index in [1.165, 1.54) is 10.9 Å². The van der Waals surface area contributed by atoms with Gasteiger partial charge in [0, 0.05) is 5.39 Å². The van der Waals surface area contributed by atoms with Crippen LogP contribution >= 0.6 is 0 Å². The van der Waals surface area contributed by atoms with Gasteiger partial charge in [-0.2, -0.15) is 5.10 Å². The van der Waals surface area contributed by atoms with Gasteiger partial charge < -0.3 is 4.74 Å². The SMILES string of the molecule is Cc1ccc2c3c1c(C)nn3CCO2. The summed E-state index contributed by atoms with van der Waals surface area (Å²) in [5.74, 6) is 0.970. The molecule has 0 bridgehead atoms. The first kappa shape index (κ1) is 7.85. The van der Waals surface area contributed by atoms with Crippen LogP contribution in [-0.2, 0) is 6.54 Å². The summed E-state index contributed by atoms with van der Waals surface area (Å²) in [4.78, 5) is 0. The van der Waals surface area contributed by atoms with Gasteiger partial charge in [-0.15, -0.1) is 0 Å². The topological polar surface area (TPSA) is 27.1 Å². The van der Waals surface area contributed by atoms with Crippen LogP contribution in [0.25, 0.3) is 10.9 Å². The second-order valence-electron chi connectivity index (χ2n) is 3.76. The van der Waals surface area contributed by atoms with Crippen LogP contribution in [0, 0.1) is 13.8 Å². The molecule has 0 spiro atoms. The number of benzene rings is 1. The molecule has 3 nitrogen and oxygen atoms in total. The highest BCUT2D eigenvalue weighted by molar-refractivity contribution is 5.90. The molecule has 1 aliphatic heterocycles. The Morgan fingerprint density at radius 3 is 3.07 bits per heavy atom. The van der Waals surface area contributed by atoms with Crippen LogP contribution in [-0.4, -0.2) is 16.4 Å². The lowest BCUT2D eigenvalue weighted by Gasteiger charge is -2.15. The molecule has 1 aromatic carbocycles. The van der Waals surface area contributed by atoms with Crippen LogP contribution in [0.2, 0.25) is 0 Å². The van der Waals surface area contributed by atoms with Gasteiger partial charge in [-0.1, -0.05) is 6.07 Å². The fourth-order valence-corrected chi connectivity index (χ4v) is 2.19. The molecular weight excluding hydrogens is 176 g/mol. The molecule has 2 aromatic rings. The van der Waals surface area contributed by atoms with Crippen LogP contribution in [0.1, 0.15) is 11.3 Å². The number of rotatable bonds is 0. The van der Waals surface area contributed by atoms with Crippen molar-refractivity contribution in [3.63, 3.8) is 0 Å². The summed E-state index contributed by atoms with van der Waals surface area (Å²) in [6.07, 6.45) is 0. The molecule has 0 N–H and O–H groups in total. The van der Waals surface area contributed by atoms with Crippen LogP contribution in [0.15, 0.2) is 12.1 Å². The third-order valence-corrected chi connectivity index (χ3v) is 2.80. The minimum atomic E-state index is 0.728. The highest BCUT2D eigenvalue weighted by atomic mass is 16.5. The minimum absolute atomic E-state index is 0.728. The van der Waals surface area contributed by atoms with Gasteiger partial charge in [0.25, 0.3) is 0 Å². The van der Waals surface area contributed by atoms with Gasteiger partial charge in [0.1, 0.15) is 17.9 Å². The predicted octanol–water partition coefficient (Wildman–Crippen LogP) is 2.05. The maximum absolute atomic E-state index is 5.60. The standard InChI is InChI=1S/C11H12N2O/c1-7-3-4-9-11-10(7)8(2)12-13(11)5-6-14-9/h3-4H,5-6H2,1-2H3. The molecule has 0 atom stereocenters. The molecule has 3 rings (SSSR count). The summed E-state index contributed by atoms with van der Waals surface area (Å²) in [5.41, 5.74) is 3.54. The Bertz CT molecular complexity index is 513. The normalized spacial score (nSPS) is 14.4. The Labute approximate surface area is 82.3 Å². The van der Waals surface area contributed by atoms with E-state index < -0.39 is 0 Å². The second kappa shape index (κ2) is 2.50. The number of hydrogen-bond donors (Lipinski definition) is 0. The highest BCUT2D eigenvalue weighted by Crippen LogP contribution is 2.32. The summed E-state index contributed by atoms with van der Waals surface area (Å²) >= 11 is 0. The molecule has 2 heterocycles. The summed E-state index contributed by atoms with van der Waals surface area (Å²) in [7, 11) is 0. The largest absolute Gasteiger partial charge is 0.489 e. The molecule has 0 fully saturated rings. The fourth-order valence-electron chi connectivity index (χ4n) is 2.19. The van der Waals surface area contributed by atoms with Crippen molar-refractivity contribution in [1.82, 2.24) is 9.78 Å². The quantitative estimate of drug-likeness (QED) is 0.632. The Morgan fingerprint density at radius 1 is 1.36 bits per heavy atom. The summed E-state index contributed by atoms with van der Waals surface area (Å²) in [6.45, 7) is 5.76. The van der Waals surface area contributed by atoms with Crippen molar-refractivity contribution in [3.05, 3.63) is 23.4 Å². The van der Waals surface area contributed by atoms with Crippen LogP contribution in [0.4, 0.5) is 0 Å². The number of nitrogens with zero attached hydrogens (tertiary/aromatic N) is 2. The molecule has 0 aliphatic carbocycles. The maximum atomic E-state index is 5.60. The van der Waals surface area contributed by atoms with E-state index in [1.54, 1.807) is 0 Å². The predicted molar refractivity (Wildman–Crippen MR) is 54.7 cm³/mol. The third-order valence-electron chi connectivity index (χ3n) is 2.80. The van der Waals surface area contributed by atoms with Gasteiger partial charge in [-0.25, -0.2) is 0 Å². The van der Waals surface area contributed by atoms with Gasteiger partial charge >= 0.3 is 0 Å². The summed E-state index contributed by atoms with van der Waals surface area (Å²) in [5, 5.41) is 5.77. The Hall–Kier alpha value is -1.51. The summed E-state index contributed by atoms with van der Waals surface area (Å²) < 4.78 is 7.66. The zero-order valence-electron chi connectivity index (χ0n) is 8.37. The van der Waals surface area contributed by atoms with E-state index in [4.69, 9.17) is 4.74 Å². The molecule has 0 saturated carbocycles. The first-order valence-electron chi connectivity index (χ1n) is 4.87. The fraction of sp³-hybridized carbons (Fsp3) is 0.364. The van der Waals surface area contributed by atoms with Gasteiger partial charge in [-0.05, 0) is 25.5 Å². The van der Waals surface area contributed by atoms with Crippen LogP contribution < -0.4 is 4.74 Å². The molecule has 0 unspecified atom stereocenters. The van der Waals surface area contributed by atoms with Crippen molar-refractivity contribution in [1.29, 1.82) is 0 Å². The second-order valence-corrected chi connectivity index (χ2v) is 3.76. The van der Waals surface area contributed by atoms with Gasteiger partial charge in [0.15, 0.2) is 0 Å². The Kier molecular flexibility index (Phi) is 1.40. The molecule has 72 valence electrons. The molecule has 0 saturated heterocycles. The Morgan fingerprint density at radius 2 is 2.21 bits per heavy atom. The third kappa shape index (κ3) is 0.842. The van der Waals surface area contributed by atoms with Crippen LogP contribution in [0.3, 0.4) is 0 Å². The lowest BCUT2D eigenvalue weighted by atomic mass is 10.1. The lowest BCUT2D eigenvalue weighted by molar-refractivity contribution is 0.278. The number of aryl methyl sites for hydroxylation is 2. The first-order valence-corrected chi connectivity index (χ1v) is 4.87. The minimum Gasteiger partial charge on any atom is -0.489 e. The molecule has 1 aromatic heterocycles. The van der Waals surface area contributed by atoms with Crippen molar-refractivity contribution in [2.24, 2.45) is 0 Å². The lowest BCUT2D eigenvalue weighted by Crippen LogP contribution is -2.14. The molecule has 0 radical (unpaired) electrons. The van der Waals surface area contributed by atoms with Gasteiger partial charge in [0.2, 0.25) is 0 Å². The van der Waals surface area contributed by atoms with Crippen molar-refractivity contribution in [2.45, 2.75) is 20.4 Å². The average Bonchev–Trinajstić information content (AvgIpc) is 2.51. The van der Waals surface area contributed by atoms with E-state index in [0.29, 0.717) is 0 Å². The zero-order chi connectivity index (χ0) is 9.71. The maximum Gasteiger partial charge on any atom is 0.145 e. The molecule has 14 heavy (non-hydrogen) atoms. The van der Waals surface area contributed by atoms with Gasteiger partial charge in [-0.3, -0.25) is 4.68 Å². The molecule has 3 heteroatoms. The molecular formula is C11H12N2O. The van der Waals surface area contributed by atoms with Crippen molar-refractivity contribution < 1.29 is 4.74 Å². The van der Waals surface area contributed by atoms with E-state index >= 15 is 0 Å². The smallest absolute Gasteiger partial charge is 0.145 e.